The summed E-state index contributed by atoms with van der Waals surface area (Å²) in [5.74, 6) is 0. The van der Waals surface area contributed by atoms with Crippen LogP contribution in [0.15, 0.2) is 18.2 Å². The molecule has 0 fully saturated rings. The smallest absolute Gasteiger partial charge is 0.399 e. The van der Waals surface area contributed by atoms with Crippen molar-refractivity contribution in [2.75, 3.05) is 5.73 Å². The quantitative estimate of drug-likeness (QED) is 0.742. The fourth-order valence-corrected chi connectivity index (χ4v) is 1.10. The minimum atomic E-state index is -4.38. The van der Waals surface area contributed by atoms with E-state index in [9.17, 15) is 13.2 Å². The number of hydrogen-bond donors (Lipinski definition) is 2. The molecule has 0 spiro atoms. The third-order valence-corrected chi connectivity index (χ3v) is 1.83. The van der Waals surface area contributed by atoms with Crippen molar-refractivity contribution in [3.8, 4) is 0 Å². The Morgan fingerprint density at radius 3 is 2.13 bits per heavy atom. The van der Waals surface area contributed by atoms with E-state index in [4.69, 9.17) is 11.5 Å². The van der Waals surface area contributed by atoms with Crippen LogP contribution in [0.4, 0.5) is 18.9 Å². The molecule has 0 amide bonds. The lowest BCUT2D eigenvalue weighted by Crippen LogP contribution is -2.10. The molecule has 6 heteroatoms. The summed E-state index contributed by atoms with van der Waals surface area (Å²) in [4.78, 5) is 0. The van der Waals surface area contributed by atoms with Gasteiger partial charge in [-0.2, -0.15) is 13.2 Å². The fraction of sp³-hybridized carbons (Fsp3) is 0.333. The Labute approximate surface area is 91.9 Å². The maximum Gasteiger partial charge on any atom is 0.416 e. The van der Waals surface area contributed by atoms with Crippen molar-refractivity contribution in [2.45, 2.75) is 19.1 Å². The van der Waals surface area contributed by atoms with Crippen LogP contribution in [0.1, 0.15) is 24.1 Å². The van der Waals surface area contributed by atoms with Gasteiger partial charge in [0, 0.05) is 11.7 Å². The maximum atomic E-state index is 12.3. The first-order valence-electron chi connectivity index (χ1n) is 4.04. The summed E-state index contributed by atoms with van der Waals surface area (Å²) >= 11 is 0. The fourth-order valence-electron chi connectivity index (χ4n) is 1.10. The average molecular weight is 241 g/mol. The molecule has 2 nitrogen and oxygen atoms in total. The summed E-state index contributed by atoms with van der Waals surface area (Å²) < 4.78 is 36.9. The summed E-state index contributed by atoms with van der Waals surface area (Å²) in [5, 5.41) is 0. The van der Waals surface area contributed by atoms with E-state index in [0.29, 0.717) is 5.56 Å². The summed E-state index contributed by atoms with van der Waals surface area (Å²) in [5.41, 5.74) is 10.5. The van der Waals surface area contributed by atoms with Gasteiger partial charge in [0.05, 0.1) is 5.56 Å². The molecular formula is C9H12ClF3N2. The van der Waals surface area contributed by atoms with Gasteiger partial charge in [-0.25, -0.2) is 0 Å². The molecule has 0 saturated heterocycles. The topological polar surface area (TPSA) is 52.0 Å². The molecule has 86 valence electrons. The van der Waals surface area contributed by atoms with Crippen molar-refractivity contribution in [3.05, 3.63) is 29.3 Å². The molecule has 1 rings (SSSR count). The van der Waals surface area contributed by atoms with Crippen LogP contribution in [-0.4, -0.2) is 0 Å². The van der Waals surface area contributed by atoms with Gasteiger partial charge < -0.3 is 11.5 Å². The molecule has 0 aliphatic heterocycles. The number of halogens is 4. The second kappa shape index (κ2) is 4.72. The van der Waals surface area contributed by atoms with E-state index in [0.717, 1.165) is 12.1 Å². The Balaban J connectivity index is 0.00000196. The van der Waals surface area contributed by atoms with Crippen LogP contribution in [0, 0.1) is 0 Å². The van der Waals surface area contributed by atoms with E-state index in [2.05, 4.69) is 0 Å². The number of alkyl halides is 3. The first kappa shape index (κ1) is 14.1. The molecule has 0 heterocycles. The van der Waals surface area contributed by atoms with Crippen molar-refractivity contribution in [1.82, 2.24) is 0 Å². The van der Waals surface area contributed by atoms with E-state index in [-0.39, 0.29) is 18.1 Å². The van der Waals surface area contributed by atoms with Crippen molar-refractivity contribution in [3.63, 3.8) is 0 Å². The molecule has 0 aliphatic carbocycles. The average Bonchev–Trinajstić information content (AvgIpc) is 2.01. The summed E-state index contributed by atoms with van der Waals surface area (Å²) in [6.07, 6.45) is -4.38. The zero-order valence-electron chi connectivity index (χ0n) is 8.01. The molecular weight excluding hydrogens is 229 g/mol. The molecule has 0 bridgehead atoms. The Kier molecular flexibility index (Phi) is 4.42. The van der Waals surface area contributed by atoms with Gasteiger partial charge in [0.2, 0.25) is 0 Å². The van der Waals surface area contributed by atoms with E-state index >= 15 is 0 Å². The highest BCUT2D eigenvalue weighted by Gasteiger charge is 2.31. The molecule has 0 unspecified atom stereocenters. The second-order valence-corrected chi connectivity index (χ2v) is 3.17. The first-order valence-corrected chi connectivity index (χ1v) is 4.04. The third-order valence-electron chi connectivity index (χ3n) is 1.83. The summed E-state index contributed by atoms with van der Waals surface area (Å²) in [7, 11) is 0. The van der Waals surface area contributed by atoms with Gasteiger partial charge >= 0.3 is 6.18 Å². The highest BCUT2D eigenvalue weighted by molar-refractivity contribution is 5.85. The molecule has 1 aromatic carbocycles. The Bertz CT molecular complexity index is 337. The largest absolute Gasteiger partial charge is 0.416 e. The molecule has 1 aromatic rings. The van der Waals surface area contributed by atoms with Gasteiger partial charge in [-0.1, -0.05) is 0 Å². The van der Waals surface area contributed by atoms with Crippen molar-refractivity contribution < 1.29 is 13.2 Å². The van der Waals surface area contributed by atoms with Crippen molar-refractivity contribution in [1.29, 1.82) is 0 Å². The lowest BCUT2D eigenvalue weighted by atomic mass is 10.0. The SMILES string of the molecule is C[C@H](N)c1cc(N)cc(C(F)(F)F)c1.Cl. The highest BCUT2D eigenvalue weighted by Crippen LogP contribution is 2.32. The zero-order chi connectivity index (χ0) is 10.9. The number of rotatable bonds is 1. The Morgan fingerprint density at radius 1 is 1.20 bits per heavy atom. The van der Waals surface area contributed by atoms with Gasteiger partial charge in [0.15, 0.2) is 0 Å². The van der Waals surface area contributed by atoms with Crippen LogP contribution >= 0.6 is 12.4 Å². The Morgan fingerprint density at radius 2 is 1.73 bits per heavy atom. The molecule has 0 saturated carbocycles. The minimum absolute atomic E-state index is 0. The molecule has 0 aliphatic rings. The van der Waals surface area contributed by atoms with E-state index in [1.54, 1.807) is 6.92 Å². The molecule has 15 heavy (non-hydrogen) atoms. The molecule has 0 radical (unpaired) electrons. The van der Waals surface area contributed by atoms with Crippen LogP contribution < -0.4 is 11.5 Å². The lowest BCUT2D eigenvalue weighted by Gasteiger charge is -2.12. The van der Waals surface area contributed by atoms with Gasteiger partial charge in [-0.05, 0) is 30.7 Å². The van der Waals surface area contributed by atoms with Crippen molar-refractivity contribution in [2.24, 2.45) is 5.73 Å². The van der Waals surface area contributed by atoms with Crippen LogP contribution in [-0.2, 0) is 6.18 Å². The molecule has 4 N–H and O–H groups in total. The lowest BCUT2D eigenvalue weighted by molar-refractivity contribution is -0.137. The molecule has 0 aromatic heterocycles. The van der Waals surface area contributed by atoms with Crippen LogP contribution in [0.5, 0.6) is 0 Å². The summed E-state index contributed by atoms with van der Waals surface area (Å²) in [6, 6.07) is 2.90. The molecule has 1 atom stereocenters. The van der Waals surface area contributed by atoms with Gasteiger partial charge in [-0.15, -0.1) is 12.4 Å². The second-order valence-electron chi connectivity index (χ2n) is 3.17. The maximum absolute atomic E-state index is 12.3. The van der Waals surface area contributed by atoms with E-state index in [1.807, 2.05) is 0 Å². The number of nitrogen functional groups attached to an aromatic ring is 1. The number of nitrogens with two attached hydrogens (primary N) is 2. The van der Waals surface area contributed by atoms with Crippen LogP contribution in [0.3, 0.4) is 0 Å². The Hall–Kier alpha value is -0.940. The number of benzene rings is 1. The third kappa shape index (κ3) is 3.60. The van der Waals surface area contributed by atoms with Crippen LogP contribution in [0.25, 0.3) is 0 Å². The number of hydrogen-bond acceptors (Lipinski definition) is 2. The van der Waals surface area contributed by atoms with E-state index < -0.39 is 17.8 Å². The van der Waals surface area contributed by atoms with Crippen LogP contribution in [0.2, 0.25) is 0 Å². The summed E-state index contributed by atoms with van der Waals surface area (Å²) in [6.45, 7) is 1.61. The highest BCUT2D eigenvalue weighted by atomic mass is 35.5. The zero-order valence-corrected chi connectivity index (χ0v) is 8.82. The van der Waals surface area contributed by atoms with Gasteiger partial charge in [0.1, 0.15) is 0 Å². The van der Waals surface area contributed by atoms with Gasteiger partial charge in [0.25, 0.3) is 0 Å². The standard InChI is InChI=1S/C9H11F3N2.ClH/c1-5(13)6-2-7(9(10,11)12)4-8(14)3-6;/h2-5H,13-14H2,1H3;1H/t5-;/m0./s1. The predicted octanol–water partition coefficient (Wildman–Crippen LogP) is 2.73. The normalized spacial score (nSPS) is 13.1. The predicted molar refractivity (Wildman–Crippen MR) is 55.7 cm³/mol. The van der Waals surface area contributed by atoms with E-state index in [1.165, 1.54) is 6.07 Å². The minimum Gasteiger partial charge on any atom is -0.399 e. The van der Waals surface area contributed by atoms with Gasteiger partial charge in [-0.3, -0.25) is 0 Å². The number of anilines is 1. The monoisotopic (exact) mass is 240 g/mol. The first-order chi connectivity index (χ1) is 6.30. The van der Waals surface area contributed by atoms with Crippen molar-refractivity contribution >= 4 is 18.1 Å².